The number of hydrogen-bond acceptors (Lipinski definition) is 5. The van der Waals surface area contributed by atoms with Crippen molar-refractivity contribution in [3.05, 3.63) is 68.2 Å². The maximum atomic E-state index is 10.9. The van der Waals surface area contributed by atoms with Gasteiger partial charge in [-0.3, -0.25) is 15.0 Å². The molecule has 1 saturated heterocycles. The number of nitro groups is 1. The number of aliphatic hydroxyl groups excluding tert-OH is 1. The van der Waals surface area contributed by atoms with Crippen molar-refractivity contribution in [1.29, 1.82) is 0 Å². The highest BCUT2D eigenvalue weighted by atomic mass is 35.5. The standard InChI is InChI=1S/C19H21Cl2N3O3/c20-17-6-5-15(12-18(17)21)23-8-2-7-22(9-10-23)13-19(25)14-3-1-4-16(11-14)24(26)27/h1,3-6,11-12,19,25H,2,7-10,13H2. The minimum absolute atomic E-state index is 0.00629. The molecule has 1 aliphatic heterocycles. The Morgan fingerprint density at radius 2 is 1.89 bits per heavy atom. The first-order valence-electron chi connectivity index (χ1n) is 8.79. The topological polar surface area (TPSA) is 69.8 Å². The van der Waals surface area contributed by atoms with Crippen LogP contribution in [0, 0.1) is 10.1 Å². The summed E-state index contributed by atoms with van der Waals surface area (Å²) in [6.45, 7) is 3.77. The predicted octanol–water partition coefficient (Wildman–Crippen LogP) is 4.15. The van der Waals surface area contributed by atoms with Gasteiger partial charge in [-0.15, -0.1) is 0 Å². The first-order chi connectivity index (χ1) is 12.9. The van der Waals surface area contributed by atoms with Gasteiger partial charge in [0.25, 0.3) is 5.69 Å². The van der Waals surface area contributed by atoms with Crippen molar-refractivity contribution in [1.82, 2.24) is 4.90 Å². The highest BCUT2D eigenvalue weighted by Crippen LogP contribution is 2.28. The highest BCUT2D eigenvalue weighted by Gasteiger charge is 2.20. The number of non-ortho nitro benzene ring substituents is 1. The summed E-state index contributed by atoms with van der Waals surface area (Å²) < 4.78 is 0. The first kappa shape index (κ1) is 19.9. The lowest BCUT2D eigenvalue weighted by molar-refractivity contribution is -0.385. The molecule has 0 radical (unpaired) electrons. The molecule has 1 fully saturated rings. The van der Waals surface area contributed by atoms with Crippen molar-refractivity contribution in [2.24, 2.45) is 0 Å². The fraction of sp³-hybridized carbons (Fsp3) is 0.368. The summed E-state index contributed by atoms with van der Waals surface area (Å²) in [5.41, 5.74) is 1.59. The zero-order valence-electron chi connectivity index (χ0n) is 14.7. The summed E-state index contributed by atoms with van der Waals surface area (Å²) >= 11 is 12.1. The van der Waals surface area contributed by atoms with E-state index in [0.717, 1.165) is 38.3 Å². The van der Waals surface area contributed by atoms with E-state index < -0.39 is 11.0 Å². The molecule has 0 bridgehead atoms. The highest BCUT2D eigenvalue weighted by molar-refractivity contribution is 6.42. The van der Waals surface area contributed by atoms with Crippen LogP contribution in [-0.4, -0.2) is 47.7 Å². The van der Waals surface area contributed by atoms with E-state index in [1.54, 1.807) is 18.2 Å². The Bertz CT molecular complexity index is 819. The number of nitrogens with zero attached hydrogens (tertiary/aromatic N) is 3. The molecular formula is C19H21Cl2N3O3. The van der Waals surface area contributed by atoms with Gasteiger partial charge in [0.1, 0.15) is 0 Å². The van der Waals surface area contributed by atoms with Crippen LogP contribution < -0.4 is 4.90 Å². The molecule has 1 atom stereocenters. The van der Waals surface area contributed by atoms with Gasteiger partial charge in [0, 0.05) is 50.5 Å². The molecule has 27 heavy (non-hydrogen) atoms. The second kappa shape index (κ2) is 8.89. The molecule has 0 spiro atoms. The molecule has 1 N–H and O–H groups in total. The molecule has 3 rings (SSSR count). The molecule has 1 aliphatic rings. The van der Waals surface area contributed by atoms with Crippen molar-refractivity contribution in [3.63, 3.8) is 0 Å². The number of anilines is 1. The average Bonchev–Trinajstić information content (AvgIpc) is 2.89. The van der Waals surface area contributed by atoms with Crippen LogP contribution in [0.1, 0.15) is 18.1 Å². The number of rotatable bonds is 5. The summed E-state index contributed by atoms with van der Waals surface area (Å²) in [7, 11) is 0. The van der Waals surface area contributed by atoms with Gasteiger partial charge in [0.05, 0.1) is 21.1 Å². The molecule has 0 aliphatic carbocycles. The Morgan fingerprint density at radius 1 is 1.07 bits per heavy atom. The largest absolute Gasteiger partial charge is 0.387 e. The van der Waals surface area contributed by atoms with Crippen LogP contribution in [0.25, 0.3) is 0 Å². The Morgan fingerprint density at radius 3 is 2.63 bits per heavy atom. The molecule has 1 heterocycles. The van der Waals surface area contributed by atoms with Crippen molar-refractivity contribution in [2.45, 2.75) is 12.5 Å². The van der Waals surface area contributed by atoms with Crippen LogP contribution in [0.4, 0.5) is 11.4 Å². The minimum Gasteiger partial charge on any atom is -0.387 e. The monoisotopic (exact) mass is 409 g/mol. The first-order valence-corrected chi connectivity index (χ1v) is 9.54. The van der Waals surface area contributed by atoms with Crippen LogP contribution in [0.5, 0.6) is 0 Å². The van der Waals surface area contributed by atoms with Gasteiger partial charge in [-0.05, 0) is 30.2 Å². The fourth-order valence-electron chi connectivity index (χ4n) is 3.29. The number of hydrogen-bond donors (Lipinski definition) is 1. The lowest BCUT2D eigenvalue weighted by Gasteiger charge is -2.25. The molecule has 2 aromatic carbocycles. The van der Waals surface area contributed by atoms with Crippen molar-refractivity contribution in [2.75, 3.05) is 37.6 Å². The molecular weight excluding hydrogens is 389 g/mol. The van der Waals surface area contributed by atoms with Gasteiger partial charge < -0.3 is 10.0 Å². The van der Waals surface area contributed by atoms with Gasteiger partial charge in [0.2, 0.25) is 0 Å². The van der Waals surface area contributed by atoms with Crippen LogP contribution in [-0.2, 0) is 0 Å². The quantitative estimate of drug-likeness (QED) is 0.593. The molecule has 0 aromatic heterocycles. The van der Waals surface area contributed by atoms with E-state index in [1.807, 2.05) is 12.1 Å². The molecule has 2 aromatic rings. The van der Waals surface area contributed by atoms with Crippen molar-refractivity contribution >= 4 is 34.6 Å². The summed E-state index contributed by atoms with van der Waals surface area (Å²) in [6.07, 6.45) is 0.184. The average molecular weight is 410 g/mol. The molecule has 144 valence electrons. The lowest BCUT2D eigenvalue weighted by atomic mass is 10.1. The van der Waals surface area contributed by atoms with Crippen LogP contribution >= 0.6 is 23.2 Å². The van der Waals surface area contributed by atoms with Gasteiger partial charge in [0.15, 0.2) is 0 Å². The second-order valence-corrected chi connectivity index (χ2v) is 7.42. The van der Waals surface area contributed by atoms with Crippen LogP contribution in [0.15, 0.2) is 42.5 Å². The molecule has 0 amide bonds. The van der Waals surface area contributed by atoms with E-state index in [-0.39, 0.29) is 5.69 Å². The third kappa shape index (κ3) is 5.11. The Kier molecular flexibility index (Phi) is 6.55. The normalized spacial score (nSPS) is 16.8. The third-order valence-corrected chi connectivity index (χ3v) is 5.49. The molecule has 6 nitrogen and oxygen atoms in total. The van der Waals surface area contributed by atoms with Gasteiger partial charge in [-0.2, -0.15) is 0 Å². The Hall–Kier alpha value is -1.86. The molecule has 0 saturated carbocycles. The third-order valence-electron chi connectivity index (χ3n) is 4.75. The number of nitro benzene ring substituents is 1. The SMILES string of the molecule is O=[N+]([O-])c1cccc(C(O)CN2CCCN(c3ccc(Cl)c(Cl)c3)CC2)c1. The maximum Gasteiger partial charge on any atom is 0.269 e. The summed E-state index contributed by atoms with van der Waals surface area (Å²) in [5.74, 6) is 0. The maximum absolute atomic E-state index is 10.9. The Balaban J connectivity index is 1.61. The van der Waals surface area contributed by atoms with E-state index in [0.29, 0.717) is 22.2 Å². The van der Waals surface area contributed by atoms with Crippen LogP contribution in [0.3, 0.4) is 0 Å². The van der Waals surface area contributed by atoms with Gasteiger partial charge >= 0.3 is 0 Å². The zero-order chi connectivity index (χ0) is 19.4. The lowest BCUT2D eigenvalue weighted by Crippen LogP contribution is -2.33. The Labute approximate surface area is 168 Å². The summed E-state index contributed by atoms with van der Waals surface area (Å²) in [4.78, 5) is 14.9. The van der Waals surface area contributed by atoms with Gasteiger partial charge in [-0.25, -0.2) is 0 Å². The summed E-state index contributed by atoms with van der Waals surface area (Å²) in [6, 6.07) is 11.8. The molecule has 8 heteroatoms. The van der Waals surface area contributed by atoms with Crippen molar-refractivity contribution in [3.8, 4) is 0 Å². The fourth-order valence-corrected chi connectivity index (χ4v) is 3.58. The van der Waals surface area contributed by atoms with Crippen LogP contribution in [0.2, 0.25) is 10.0 Å². The number of halogens is 2. The smallest absolute Gasteiger partial charge is 0.269 e. The van der Waals surface area contributed by atoms with E-state index in [1.165, 1.54) is 12.1 Å². The predicted molar refractivity (Wildman–Crippen MR) is 108 cm³/mol. The number of β-amino-alcohol motifs (C(OH)–C–C–N with tert-alkyl or cyclic N) is 1. The van der Waals surface area contributed by atoms with E-state index in [2.05, 4.69) is 9.80 Å². The van der Waals surface area contributed by atoms with E-state index >= 15 is 0 Å². The number of benzene rings is 2. The second-order valence-electron chi connectivity index (χ2n) is 6.61. The van der Waals surface area contributed by atoms with Crippen molar-refractivity contribution < 1.29 is 10.0 Å². The van der Waals surface area contributed by atoms with E-state index in [4.69, 9.17) is 23.2 Å². The zero-order valence-corrected chi connectivity index (χ0v) is 16.2. The minimum atomic E-state index is -0.763. The number of aliphatic hydroxyl groups is 1. The molecule has 1 unspecified atom stereocenters. The van der Waals surface area contributed by atoms with Gasteiger partial charge in [-0.1, -0.05) is 35.3 Å². The van der Waals surface area contributed by atoms with E-state index in [9.17, 15) is 15.2 Å². The summed E-state index contributed by atoms with van der Waals surface area (Å²) in [5, 5.41) is 22.5.